The van der Waals surface area contributed by atoms with Crippen LogP contribution in [0.4, 0.5) is 0 Å². The fourth-order valence-electron chi connectivity index (χ4n) is 0.902. The van der Waals surface area contributed by atoms with Crippen molar-refractivity contribution in [1.29, 1.82) is 0 Å². The van der Waals surface area contributed by atoms with Crippen molar-refractivity contribution >= 4 is 5.97 Å². The van der Waals surface area contributed by atoms with Crippen LogP contribution in [-0.2, 0) is 9.53 Å². The van der Waals surface area contributed by atoms with E-state index in [0.717, 1.165) is 6.61 Å². The van der Waals surface area contributed by atoms with Gasteiger partial charge in [0.25, 0.3) is 0 Å². The van der Waals surface area contributed by atoms with Crippen molar-refractivity contribution in [1.82, 2.24) is 0 Å². The Bertz CT molecular complexity index is 157. The monoisotopic (exact) mass is 186 g/mol. The molecule has 1 aliphatic rings. The Balaban J connectivity index is 0.000000226. The molecule has 1 saturated heterocycles. The van der Waals surface area contributed by atoms with E-state index < -0.39 is 5.97 Å². The van der Waals surface area contributed by atoms with Crippen LogP contribution in [0.1, 0.15) is 33.1 Å². The second kappa shape index (κ2) is 6.66. The van der Waals surface area contributed by atoms with E-state index in [1.54, 1.807) is 0 Å². The van der Waals surface area contributed by atoms with Gasteiger partial charge in [-0.05, 0) is 33.1 Å². The van der Waals surface area contributed by atoms with E-state index in [2.05, 4.69) is 13.5 Å². The minimum Gasteiger partial charge on any atom is -0.478 e. The molecule has 1 fully saturated rings. The molecule has 0 aromatic rings. The summed E-state index contributed by atoms with van der Waals surface area (Å²) in [7, 11) is 0. The van der Waals surface area contributed by atoms with Crippen LogP contribution in [0.3, 0.4) is 0 Å². The molecule has 0 amide bonds. The van der Waals surface area contributed by atoms with Gasteiger partial charge in [-0.15, -0.1) is 0 Å². The summed E-state index contributed by atoms with van der Waals surface area (Å²) in [4.78, 5) is 9.60. The van der Waals surface area contributed by atoms with Crippen LogP contribution in [0.2, 0.25) is 0 Å². The molecular weight excluding hydrogens is 168 g/mol. The van der Waals surface area contributed by atoms with Crippen LogP contribution in [-0.4, -0.2) is 23.8 Å². The Morgan fingerprint density at radius 1 is 1.54 bits per heavy atom. The lowest BCUT2D eigenvalue weighted by atomic mass is 10.1. The smallest absolute Gasteiger partial charge is 0.330 e. The summed E-state index contributed by atoms with van der Waals surface area (Å²) in [6.07, 6.45) is 4.43. The van der Waals surface area contributed by atoms with Gasteiger partial charge in [0.05, 0.1) is 6.10 Å². The van der Waals surface area contributed by atoms with Gasteiger partial charge >= 0.3 is 5.97 Å². The van der Waals surface area contributed by atoms with Gasteiger partial charge in [-0.3, -0.25) is 0 Å². The lowest BCUT2D eigenvalue weighted by Gasteiger charge is -2.17. The Morgan fingerprint density at radius 2 is 2.08 bits per heavy atom. The fraction of sp³-hybridized carbons (Fsp3) is 0.700. The second-order valence-electron chi connectivity index (χ2n) is 3.26. The number of carboxylic acids is 1. The summed E-state index contributed by atoms with van der Waals surface area (Å²) < 4.78 is 5.28. The minimum absolute atomic E-state index is 0.176. The average molecular weight is 186 g/mol. The highest BCUT2D eigenvalue weighted by Gasteiger charge is 2.05. The fourth-order valence-corrected chi connectivity index (χ4v) is 0.902. The minimum atomic E-state index is -0.935. The van der Waals surface area contributed by atoms with Gasteiger partial charge in [0.1, 0.15) is 0 Å². The van der Waals surface area contributed by atoms with E-state index in [9.17, 15) is 4.79 Å². The van der Waals surface area contributed by atoms with Crippen molar-refractivity contribution < 1.29 is 14.6 Å². The summed E-state index contributed by atoms with van der Waals surface area (Å²) in [6, 6.07) is 0. The van der Waals surface area contributed by atoms with Crippen molar-refractivity contribution in [3.8, 4) is 0 Å². The molecule has 0 spiro atoms. The first-order valence-electron chi connectivity index (χ1n) is 4.54. The molecule has 0 bridgehead atoms. The second-order valence-corrected chi connectivity index (χ2v) is 3.26. The Labute approximate surface area is 79.4 Å². The first-order chi connectivity index (χ1) is 6.04. The largest absolute Gasteiger partial charge is 0.478 e. The van der Waals surface area contributed by atoms with Crippen molar-refractivity contribution in [3.63, 3.8) is 0 Å². The van der Waals surface area contributed by atoms with E-state index >= 15 is 0 Å². The van der Waals surface area contributed by atoms with Gasteiger partial charge in [0.2, 0.25) is 0 Å². The lowest BCUT2D eigenvalue weighted by molar-refractivity contribution is -0.132. The number of aliphatic carboxylic acids is 1. The number of hydrogen-bond donors (Lipinski definition) is 1. The predicted molar refractivity (Wildman–Crippen MR) is 51.7 cm³/mol. The average Bonchev–Trinajstić information content (AvgIpc) is 2.06. The molecule has 1 unspecified atom stereocenters. The molecule has 1 heterocycles. The first-order valence-corrected chi connectivity index (χ1v) is 4.54. The molecule has 3 nitrogen and oxygen atoms in total. The molecule has 0 saturated carbocycles. The van der Waals surface area contributed by atoms with Crippen molar-refractivity contribution in [3.05, 3.63) is 12.2 Å². The lowest BCUT2D eigenvalue weighted by Crippen LogP contribution is -2.14. The number of ether oxygens (including phenoxy) is 1. The molecule has 1 rings (SSSR count). The zero-order chi connectivity index (χ0) is 10.3. The number of hydrogen-bond acceptors (Lipinski definition) is 2. The van der Waals surface area contributed by atoms with Crippen LogP contribution in [0, 0.1) is 0 Å². The van der Waals surface area contributed by atoms with Crippen LogP contribution < -0.4 is 0 Å². The topological polar surface area (TPSA) is 46.5 Å². The summed E-state index contributed by atoms with van der Waals surface area (Å²) >= 11 is 0. The van der Waals surface area contributed by atoms with E-state index in [-0.39, 0.29) is 5.57 Å². The van der Waals surface area contributed by atoms with Crippen LogP contribution in [0.5, 0.6) is 0 Å². The molecule has 3 heteroatoms. The highest BCUT2D eigenvalue weighted by Crippen LogP contribution is 2.10. The molecule has 0 aromatic carbocycles. The first kappa shape index (κ1) is 12.2. The van der Waals surface area contributed by atoms with Crippen molar-refractivity contribution in [2.75, 3.05) is 6.61 Å². The van der Waals surface area contributed by atoms with Gasteiger partial charge in [-0.25, -0.2) is 4.79 Å². The van der Waals surface area contributed by atoms with E-state index in [0.29, 0.717) is 6.10 Å². The molecule has 0 aromatic heterocycles. The summed E-state index contributed by atoms with van der Waals surface area (Å²) in [5.74, 6) is -0.935. The zero-order valence-corrected chi connectivity index (χ0v) is 8.38. The maximum Gasteiger partial charge on any atom is 0.330 e. The van der Waals surface area contributed by atoms with Crippen LogP contribution >= 0.6 is 0 Å². The van der Waals surface area contributed by atoms with Gasteiger partial charge in [-0.2, -0.15) is 0 Å². The third kappa shape index (κ3) is 7.53. The number of carboxylic acid groups (broad SMARTS) is 1. The molecule has 0 aliphatic carbocycles. The van der Waals surface area contributed by atoms with Gasteiger partial charge in [0.15, 0.2) is 0 Å². The Kier molecular flexibility index (Phi) is 6.24. The Hall–Kier alpha value is -0.830. The van der Waals surface area contributed by atoms with E-state index in [1.165, 1.54) is 26.2 Å². The summed E-state index contributed by atoms with van der Waals surface area (Å²) in [5, 5.41) is 7.89. The van der Waals surface area contributed by atoms with Gasteiger partial charge in [-0.1, -0.05) is 6.58 Å². The molecule has 1 N–H and O–H groups in total. The molecular formula is C10H18O3. The Morgan fingerprint density at radius 3 is 2.23 bits per heavy atom. The van der Waals surface area contributed by atoms with E-state index in [1.807, 2.05) is 0 Å². The standard InChI is InChI=1S/C6H12O.C4H6O2/c1-6-4-2-3-5-7-6;1-3(2)4(5)6/h6H,2-5H2,1H3;1H2,2H3,(H,5,6). The number of carbonyl (C=O) groups is 1. The maximum absolute atomic E-state index is 9.60. The summed E-state index contributed by atoms with van der Waals surface area (Å²) in [5.41, 5.74) is 0.176. The maximum atomic E-state index is 9.60. The van der Waals surface area contributed by atoms with E-state index in [4.69, 9.17) is 9.84 Å². The quantitative estimate of drug-likeness (QED) is 0.639. The molecule has 1 atom stereocenters. The molecule has 13 heavy (non-hydrogen) atoms. The normalized spacial score (nSPS) is 21.2. The molecule has 1 aliphatic heterocycles. The van der Waals surface area contributed by atoms with Crippen LogP contribution in [0.15, 0.2) is 12.2 Å². The highest BCUT2D eigenvalue weighted by molar-refractivity contribution is 5.84. The molecule has 0 radical (unpaired) electrons. The van der Waals surface area contributed by atoms with Gasteiger partial charge < -0.3 is 9.84 Å². The SMILES string of the molecule is C=C(C)C(=O)O.CC1CCCCO1. The van der Waals surface area contributed by atoms with Gasteiger partial charge in [0, 0.05) is 12.2 Å². The third-order valence-corrected chi connectivity index (χ3v) is 1.77. The van der Waals surface area contributed by atoms with Crippen molar-refractivity contribution in [2.24, 2.45) is 0 Å². The van der Waals surface area contributed by atoms with Crippen LogP contribution in [0.25, 0.3) is 0 Å². The predicted octanol–water partition coefficient (Wildman–Crippen LogP) is 2.22. The third-order valence-electron chi connectivity index (χ3n) is 1.77. The van der Waals surface area contributed by atoms with Crippen molar-refractivity contribution in [2.45, 2.75) is 39.2 Å². The zero-order valence-electron chi connectivity index (χ0n) is 8.38. The number of rotatable bonds is 1. The summed E-state index contributed by atoms with van der Waals surface area (Å²) in [6.45, 7) is 7.73. The molecule has 76 valence electrons. The highest BCUT2D eigenvalue weighted by atomic mass is 16.5.